The summed E-state index contributed by atoms with van der Waals surface area (Å²) in [6.07, 6.45) is 1.42. The van der Waals surface area contributed by atoms with Gasteiger partial charge in [-0.3, -0.25) is 5.41 Å². The van der Waals surface area contributed by atoms with E-state index in [0.29, 0.717) is 46.8 Å². The molecule has 1 aliphatic rings. The Morgan fingerprint density at radius 2 is 2.16 bits per heavy atom. The number of nitrogens with two attached hydrogens (primary N) is 1. The zero-order valence-corrected chi connectivity index (χ0v) is 18.8. The summed E-state index contributed by atoms with van der Waals surface area (Å²) >= 11 is 6.27. The average Bonchev–Trinajstić information content (AvgIpc) is 3.11. The molecule has 2 bridgehead atoms. The van der Waals surface area contributed by atoms with E-state index in [1.165, 1.54) is 12.1 Å². The van der Waals surface area contributed by atoms with Crippen molar-refractivity contribution in [1.82, 2.24) is 20.1 Å². The van der Waals surface area contributed by atoms with Crippen LogP contribution in [0.25, 0.3) is 11.4 Å². The van der Waals surface area contributed by atoms with Crippen molar-refractivity contribution < 1.29 is 9.13 Å². The Labute approximate surface area is 190 Å². The molecule has 1 atom stereocenters. The second-order valence-electron chi connectivity index (χ2n) is 7.63. The third kappa shape index (κ3) is 4.05. The van der Waals surface area contributed by atoms with Gasteiger partial charge >= 0.3 is 0 Å². The molecule has 166 valence electrons. The molecule has 0 saturated carbocycles. The van der Waals surface area contributed by atoms with Gasteiger partial charge in [-0.15, -0.1) is 0 Å². The first-order valence-corrected chi connectivity index (χ1v) is 10.7. The van der Waals surface area contributed by atoms with Crippen molar-refractivity contribution in [2.75, 3.05) is 12.3 Å². The highest BCUT2D eigenvalue weighted by Crippen LogP contribution is 2.34. The minimum atomic E-state index is -0.533. The fraction of sp³-hybridized carbons (Fsp3) is 0.261. The summed E-state index contributed by atoms with van der Waals surface area (Å²) < 4.78 is 22.1. The van der Waals surface area contributed by atoms with Crippen molar-refractivity contribution in [3.05, 3.63) is 70.4 Å². The lowest BCUT2D eigenvalue weighted by atomic mass is 10.0. The molecule has 0 unspecified atom stereocenters. The summed E-state index contributed by atoms with van der Waals surface area (Å²) in [4.78, 5) is 4.28. The number of pyridine rings is 1. The Morgan fingerprint density at radius 1 is 1.38 bits per heavy atom. The number of hydrogen-bond acceptors (Lipinski definition) is 6. The predicted molar refractivity (Wildman–Crippen MR) is 124 cm³/mol. The number of aromatic nitrogens is 3. The van der Waals surface area contributed by atoms with E-state index in [1.807, 2.05) is 26.8 Å². The SMILES string of the molecule is CCN/C1=C(\C(=N)Cl)Cc2cc(C)nn2-c2ccc(F)cc2[C@@H](C)Oc2cc1cnc2N. The van der Waals surface area contributed by atoms with E-state index in [0.717, 1.165) is 11.4 Å². The van der Waals surface area contributed by atoms with Crippen molar-refractivity contribution in [3.8, 4) is 11.4 Å². The van der Waals surface area contributed by atoms with Crippen LogP contribution in [0, 0.1) is 18.2 Å². The molecule has 2 aromatic heterocycles. The smallest absolute Gasteiger partial charge is 0.166 e. The zero-order chi connectivity index (χ0) is 23.0. The van der Waals surface area contributed by atoms with E-state index < -0.39 is 6.10 Å². The number of fused-ring (bicyclic) bond motifs is 5. The van der Waals surface area contributed by atoms with E-state index >= 15 is 0 Å². The second-order valence-corrected chi connectivity index (χ2v) is 8.01. The molecular weight excluding hydrogens is 431 g/mol. The molecule has 1 aliphatic heterocycles. The van der Waals surface area contributed by atoms with Crippen molar-refractivity contribution in [1.29, 1.82) is 5.41 Å². The Balaban J connectivity index is 2.05. The van der Waals surface area contributed by atoms with Gasteiger partial charge in [0.1, 0.15) is 17.1 Å². The van der Waals surface area contributed by atoms with Crippen LogP contribution >= 0.6 is 11.6 Å². The van der Waals surface area contributed by atoms with E-state index in [2.05, 4.69) is 15.4 Å². The van der Waals surface area contributed by atoms with Crippen LogP contribution in [0.1, 0.15) is 42.5 Å². The number of aryl methyl sites for hydroxylation is 1. The van der Waals surface area contributed by atoms with Crippen LogP contribution in [0.3, 0.4) is 0 Å². The maximum absolute atomic E-state index is 14.2. The lowest BCUT2D eigenvalue weighted by Crippen LogP contribution is -2.19. The molecule has 3 aromatic rings. The largest absolute Gasteiger partial charge is 0.482 e. The number of anilines is 1. The second kappa shape index (κ2) is 8.63. The molecule has 7 nitrogen and oxygen atoms in total. The highest BCUT2D eigenvalue weighted by Gasteiger charge is 2.23. The molecule has 3 heterocycles. The van der Waals surface area contributed by atoms with Crippen molar-refractivity contribution in [2.24, 2.45) is 0 Å². The Morgan fingerprint density at radius 3 is 2.88 bits per heavy atom. The lowest BCUT2D eigenvalue weighted by molar-refractivity contribution is 0.226. The Bertz CT molecular complexity index is 1240. The summed E-state index contributed by atoms with van der Waals surface area (Å²) in [5, 5.41) is 16.1. The lowest BCUT2D eigenvalue weighted by Gasteiger charge is -2.23. The van der Waals surface area contributed by atoms with Gasteiger partial charge in [-0.2, -0.15) is 5.10 Å². The summed E-state index contributed by atoms with van der Waals surface area (Å²) in [7, 11) is 0. The van der Waals surface area contributed by atoms with Crippen LogP contribution in [0.5, 0.6) is 5.75 Å². The normalized spacial score (nSPS) is 18.0. The monoisotopic (exact) mass is 454 g/mol. The third-order valence-corrected chi connectivity index (χ3v) is 5.54. The number of hydrogen-bond donors (Lipinski definition) is 3. The standard InChI is InChI=1S/C23H24ClFN6O/c1-4-28-21-14-8-20(23(27)29-11-14)32-13(3)17-9-15(25)5-6-19(17)31-16(7-12(2)30-31)10-18(21)22(24)26/h5-9,11,13,26,28H,4,10H2,1-3H3,(H2,27,29)/b21-18-,26-22?/t13-/m1/s1. The molecule has 0 spiro atoms. The van der Waals surface area contributed by atoms with E-state index in [1.54, 1.807) is 23.0 Å². The highest BCUT2D eigenvalue weighted by molar-refractivity contribution is 6.69. The number of nitrogen functional groups attached to an aromatic ring is 1. The summed E-state index contributed by atoms with van der Waals surface area (Å²) in [6, 6.07) is 8.19. The number of allylic oxidation sites excluding steroid dienone is 1. The number of nitrogens with zero attached hydrogens (tertiary/aromatic N) is 3. The molecular formula is C23H24ClFN6O. The van der Waals surface area contributed by atoms with Crippen LogP contribution < -0.4 is 15.8 Å². The first kappa shape index (κ1) is 21.8. The molecule has 0 fully saturated rings. The maximum atomic E-state index is 14.2. The molecule has 1 aromatic carbocycles. The van der Waals surface area contributed by atoms with Gasteiger partial charge in [0.25, 0.3) is 0 Å². The number of ether oxygens (including phenoxy) is 1. The molecule has 0 radical (unpaired) electrons. The van der Waals surface area contributed by atoms with Gasteiger partial charge in [0.2, 0.25) is 0 Å². The average molecular weight is 455 g/mol. The van der Waals surface area contributed by atoms with Gasteiger partial charge in [0.05, 0.1) is 11.4 Å². The maximum Gasteiger partial charge on any atom is 0.166 e. The van der Waals surface area contributed by atoms with E-state index in [9.17, 15) is 4.39 Å². The van der Waals surface area contributed by atoms with Gasteiger partial charge in [0, 0.05) is 47.3 Å². The summed E-state index contributed by atoms with van der Waals surface area (Å²) in [5.41, 5.74) is 10.9. The quantitative estimate of drug-likeness (QED) is 0.504. The third-order valence-electron chi connectivity index (χ3n) is 5.31. The number of benzene rings is 1. The first-order valence-electron chi connectivity index (χ1n) is 10.3. The molecule has 0 aliphatic carbocycles. The van der Waals surface area contributed by atoms with Crippen molar-refractivity contribution in [3.63, 3.8) is 0 Å². The topological polar surface area (TPSA) is 102 Å². The summed E-state index contributed by atoms with van der Waals surface area (Å²) in [5.74, 6) is 0.192. The van der Waals surface area contributed by atoms with Crippen molar-refractivity contribution in [2.45, 2.75) is 33.3 Å². The van der Waals surface area contributed by atoms with Gasteiger partial charge in [-0.1, -0.05) is 11.6 Å². The van der Waals surface area contributed by atoms with E-state index in [4.69, 9.17) is 27.5 Å². The minimum Gasteiger partial charge on any atom is -0.482 e. The molecule has 4 rings (SSSR count). The molecule has 0 saturated heterocycles. The fourth-order valence-electron chi connectivity index (χ4n) is 3.89. The van der Waals surface area contributed by atoms with Gasteiger partial charge < -0.3 is 15.8 Å². The number of rotatable bonds is 3. The predicted octanol–water partition coefficient (Wildman–Crippen LogP) is 4.53. The molecule has 0 amide bonds. The number of halogens is 2. The number of nitrogens with one attached hydrogen (secondary N) is 2. The van der Waals surface area contributed by atoms with Gasteiger partial charge in [-0.05, 0) is 51.1 Å². The Kier molecular flexibility index (Phi) is 5.88. The van der Waals surface area contributed by atoms with Gasteiger partial charge in [-0.25, -0.2) is 14.1 Å². The van der Waals surface area contributed by atoms with Crippen LogP contribution in [0.2, 0.25) is 0 Å². The Hall–Kier alpha value is -3.39. The van der Waals surface area contributed by atoms with Crippen LogP contribution in [-0.2, 0) is 6.42 Å². The molecule has 4 N–H and O–H groups in total. The molecule has 9 heteroatoms. The first-order chi connectivity index (χ1) is 15.3. The van der Waals surface area contributed by atoms with Crippen molar-refractivity contribution >= 4 is 28.3 Å². The van der Waals surface area contributed by atoms with E-state index in [-0.39, 0.29) is 16.8 Å². The minimum absolute atomic E-state index is 0.101. The zero-order valence-electron chi connectivity index (χ0n) is 18.0. The summed E-state index contributed by atoms with van der Waals surface area (Å²) in [6.45, 7) is 6.28. The van der Waals surface area contributed by atoms with Crippen LogP contribution in [0.4, 0.5) is 10.2 Å². The molecule has 32 heavy (non-hydrogen) atoms. The highest BCUT2D eigenvalue weighted by atomic mass is 35.5. The van der Waals surface area contributed by atoms with Gasteiger partial charge in [0.15, 0.2) is 11.6 Å². The van der Waals surface area contributed by atoms with Crippen LogP contribution in [0.15, 0.2) is 42.1 Å². The van der Waals surface area contributed by atoms with Crippen LogP contribution in [-0.4, -0.2) is 26.5 Å². The fourth-order valence-corrected chi connectivity index (χ4v) is 4.05.